The van der Waals surface area contributed by atoms with Crippen LogP contribution in [0.3, 0.4) is 0 Å². The maximum Gasteiger partial charge on any atom is 0.306 e. The summed E-state index contributed by atoms with van der Waals surface area (Å²) in [6, 6.07) is 0. The number of hydrogen-bond acceptors (Lipinski definition) is 6. The van der Waals surface area contributed by atoms with Crippen LogP contribution in [0.5, 0.6) is 0 Å². The standard InChI is InChI=1S/C58H108O6/c1-4-7-10-13-16-19-22-24-26-27-28-29-30-31-32-33-35-36-39-42-45-48-51-57(60)63-54-55(53-62-56(59)50-47-44-41-38-21-18-15-12-9-6-3)64-58(61)52-49-46-43-40-37-34-25-23-20-17-14-11-8-5-2/h12,15,23,25,55H,4-11,13-14,16-22,24,26-54H2,1-3H3/b15-12-,25-23-. The fraction of sp³-hybridized carbons (Fsp3) is 0.879. The lowest BCUT2D eigenvalue weighted by atomic mass is 10.0. The molecule has 0 aromatic rings. The molecule has 0 radical (unpaired) electrons. The first-order valence-corrected chi connectivity index (χ1v) is 28.3. The van der Waals surface area contributed by atoms with Crippen molar-refractivity contribution < 1.29 is 28.6 Å². The highest BCUT2D eigenvalue weighted by atomic mass is 16.6. The van der Waals surface area contributed by atoms with E-state index in [1.54, 1.807) is 0 Å². The van der Waals surface area contributed by atoms with E-state index in [1.807, 2.05) is 0 Å². The summed E-state index contributed by atoms with van der Waals surface area (Å²) >= 11 is 0. The molecular formula is C58H108O6. The first-order chi connectivity index (χ1) is 31.5. The van der Waals surface area contributed by atoms with Gasteiger partial charge in [0, 0.05) is 19.3 Å². The van der Waals surface area contributed by atoms with Gasteiger partial charge in [-0.3, -0.25) is 14.4 Å². The zero-order valence-electron chi connectivity index (χ0n) is 43.1. The summed E-state index contributed by atoms with van der Waals surface area (Å²) in [4.78, 5) is 38.0. The molecule has 0 rings (SSSR count). The molecule has 0 aliphatic heterocycles. The second kappa shape index (κ2) is 53.5. The van der Waals surface area contributed by atoms with E-state index < -0.39 is 6.10 Å². The summed E-state index contributed by atoms with van der Waals surface area (Å²) in [7, 11) is 0. The molecule has 0 aliphatic rings. The molecule has 0 bridgehead atoms. The van der Waals surface area contributed by atoms with Crippen molar-refractivity contribution in [1.29, 1.82) is 0 Å². The van der Waals surface area contributed by atoms with Gasteiger partial charge in [-0.2, -0.15) is 0 Å². The third-order valence-electron chi connectivity index (χ3n) is 12.7. The van der Waals surface area contributed by atoms with Gasteiger partial charge in [0.2, 0.25) is 0 Å². The fourth-order valence-corrected chi connectivity index (χ4v) is 8.38. The van der Waals surface area contributed by atoms with Gasteiger partial charge in [0.05, 0.1) is 0 Å². The van der Waals surface area contributed by atoms with E-state index in [9.17, 15) is 14.4 Å². The monoisotopic (exact) mass is 901 g/mol. The summed E-state index contributed by atoms with van der Waals surface area (Å²) in [5.74, 6) is -0.877. The van der Waals surface area contributed by atoms with E-state index in [0.29, 0.717) is 19.3 Å². The number of carbonyl (C=O) groups excluding carboxylic acids is 3. The van der Waals surface area contributed by atoms with Crippen LogP contribution in [-0.4, -0.2) is 37.2 Å². The van der Waals surface area contributed by atoms with Crippen LogP contribution in [0.15, 0.2) is 24.3 Å². The molecule has 0 N–H and O–H groups in total. The van der Waals surface area contributed by atoms with Crippen LogP contribution in [0, 0.1) is 0 Å². The number of esters is 3. The molecule has 6 heteroatoms. The second-order valence-corrected chi connectivity index (χ2v) is 19.2. The summed E-state index contributed by atoms with van der Waals surface area (Å²) < 4.78 is 16.8. The highest BCUT2D eigenvalue weighted by Crippen LogP contribution is 2.17. The number of ether oxygens (including phenoxy) is 3. The normalized spacial score (nSPS) is 12.1. The number of rotatable bonds is 52. The van der Waals surface area contributed by atoms with Crippen molar-refractivity contribution in [2.75, 3.05) is 13.2 Å². The zero-order valence-corrected chi connectivity index (χ0v) is 43.1. The van der Waals surface area contributed by atoms with E-state index in [2.05, 4.69) is 45.1 Å². The van der Waals surface area contributed by atoms with Crippen LogP contribution >= 0.6 is 0 Å². The molecule has 1 atom stereocenters. The average molecular weight is 901 g/mol. The fourth-order valence-electron chi connectivity index (χ4n) is 8.38. The number of unbranched alkanes of at least 4 members (excludes halogenated alkanes) is 37. The number of carbonyl (C=O) groups is 3. The quantitative estimate of drug-likeness (QED) is 0.0262. The Labute approximate surface area is 398 Å². The van der Waals surface area contributed by atoms with Crippen LogP contribution in [0.2, 0.25) is 0 Å². The zero-order chi connectivity index (χ0) is 46.5. The van der Waals surface area contributed by atoms with Crippen molar-refractivity contribution in [1.82, 2.24) is 0 Å². The largest absolute Gasteiger partial charge is 0.462 e. The van der Waals surface area contributed by atoms with E-state index in [0.717, 1.165) is 77.0 Å². The first-order valence-electron chi connectivity index (χ1n) is 28.3. The van der Waals surface area contributed by atoms with Gasteiger partial charge in [0.15, 0.2) is 6.10 Å². The molecule has 1 unspecified atom stereocenters. The molecular weight excluding hydrogens is 793 g/mol. The minimum Gasteiger partial charge on any atom is -0.462 e. The van der Waals surface area contributed by atoms with E-state index in [4.69, 9.17) is 14.2 Å². The lowest BCUT2D eigenvalue weighted by Crippen LogP contribution is -2.30. The van der Waals surface area contributed by atoms with E-state index in [-0.39, 0.29) is 31.1 Å². The number of hydrogen-bond donors (Lipinski definition) is 0. The van der Waals surface area contributed by atoms with Crippen molar-refractivity contribution in [2.45, 2.75) is 316 Å². The van der Waals surface area contributed by atoms with Gasteiger partial charge in [-0.25, -0.2) is 0 Å². The molecule has 0 aromatic carbocycles. The van der Waals surface area contributed by atoms with Crippen molar-refractivity contribution in [3.8, 4) is 0 Å². The Morgan fingerprint density at radius 2 is 0.547 bits per heavy atom. The summed E-state index contributed by atoms with van der Waals surface area (Å²) in [5, 5.41) is 0. The van der Waals surface area contributed by atoms with E-state index >= 15 is 0 Å². The van der Waals surface area contributed by atoms with Gasteiger partial charge in [-0.05, 0) is 64.2 Å². The van der Waals surface area contributed by atoms with Crippen molar-refractivity contribution in [3.05, 3.63) is 24.3 Å². The smallest absolute Gasteiger partial charge is 0.306 e. The average Bonchev–Trinajstić information content (AvgIpc) is 3.29. The maximum absolute atomic E-state index is 12.8. The molecule has 376 valence electrons. The van der Waals surface area contributed by atoms with Crippen LogP contribution in [0.4, 0.5) is 0 Å². The third kappa shape index (κ3) is 50.9. The Balaban J connectivity index is 4.21. The number of allylic oxidation sites excluding steroid dienone is 4. The van der Waals surface area contributed by atoms with Gasteiger partial charge in [0.25, 0.3) is 0 Å². The molecule has 64 heavy (non-hydrogen) atoms. The summed E-state index contributed by atoms with van der Waals surface area (Å²) in [5.41, 5.74) is 0. The Bertz CT molecular complexity index is 1040. The summed E-state index contributed by atoms with van der Waals surface area (Å²) in [6.45, 7) is 6.60. The minimum absolute atomic E-state index is 0.0733. The van der Waals surface area contributed by atoms with Crippen molar-refractivity contribution in [2.24, 2.45) is 0 Å². The molecule has 0 spiro atoms. The van der Waals surface area contributed by atoms with Crippen LogP contribution < -0.4 is 0 Å². The second-order valence-electron chi connectivity index (χ2n) is 19.2. The van der Waals surface area contributed by atoms with Gasteiger partial charge >= 0.3 is 17.9 Å². The van der Waals surface area contributed by atoms with Crippen LogP contribution in [0.25, 0.3) is 0 Å². The Morgan fingerprint density at radius 3 is 0.844 bits per heavy atom. The molecule has 0 amide bonds. The lowest BCUT2D eigenvalue weighted by Gasteiger charge is -2.18. The van der Waals surface area contributed by atoms with Gasteiger partial charge in [-0.15, -0.1) is 0 Å². The Morgan fingerprint density at radius 1 is 0.297 bits per heavy atom. The Kier molecular flexibility index (Phi) is 51.7. The van der Waals surface area contributed by atoms with Gasteiger partial charge in [-0.1, -0.05) is 251 Å². The molecule has 0 fully saturated rings. The van der Waals surface area contributed by atoms with Gasteiger partial charge in [0.1, 0.15) is 13.2 Å². The summed E-state index contributed by atoms with van der Waals surface area (Å²) in [6.07, 6.45) is 61.8. The lowest BCUT2D eigenvalue weighted by molar-refractivity contribution is -0.167. The minimum atomic E-state index is -0.774. The highest BCUT2D eigenvalue weighted by Gasteiger charge is 2.19. The third-order valence-corrected chi connectivity index (χ3v) is 12.7. The predicted molar refractivity (Wildman–Crippen MR) is 275 cm³/mol. The molecule has 0 saturated carbocycles. The predicted octanol–water partition coefficient (Wildman–Crippen LogP) is 18.7. The maximum atomic E-state index is 12.8. The van der Waals surface area contributed by atoms with Gasteiger partial charge < -0.3 is 14.2 Å². The van der Waals surface area contributed by atoms with Crippen LogP contribution in [-0.2, 0) is 28.6 Å². The van der Waals surface area contributed by atoms with Crippen molar-refractivity contribution in [3.63, 3.8) is 0 Å². The molecule has 6 nitrogen and oxygen atoms in total. The first kappa shape index (κ1) is 61.9. The topological polar surface area (TPSA) is 78.9 Å². The molecule has 0 saturated heterocycles. The highest BCUT2D eigenvalue weighted by molar-refractivity contribution is 5.71. The van der Waals surface area contributed by atoms with Crippen LogP contribution in [0.1, 0.15) is 310 Å². The SMILES string of the molecule is CCC/C=C\CCCCCCCC(=O)OCC(COC(=O)CCCCCCCCCCCCCCCCCCCCCCCC)OC(=O)CCCCCCC/C=C\CCCCCCC. The molecule has 0 heterocycles. The Hall–Kier alpha value is -2.11. The van der Waals surface area contributed by atoms with E-state index in [1.165, 1.54) is 193 Å². The molecule has 0 aromatic heterocycles. The van der Waals surface area contributed by atoms with Crippen molar-refractivity contribution >= 4 is 17.9 Å². The molecule has 0 aliphatic carbocycles.